The summed E-state index contributed by atoms with van der Waals surface area (Å²) in [4.78, 5) is 4.24. The smallest absolute Gasteiger partial charge is 0.252 e. The van der Waals surface area contributed by atoms with Gasteiger partial charge in [0, 0.05) is 10.4 Å². The number of anilines is 1. The molecule has 6 heteroatoms. The zero-order valence-corrected chi connectivity index (χ0v) is 14.1. The van der Waals surface area contributed by atoms with Crippen molar-refractivity contribution in [3.8, 4) is 6.07 Å². The molecule has 1 N–H and O–H groups in total. The lowest BCUT2D eigenvalue weighted by molar-refractivity contribution is 0.439. The zero-order chi connectivity index (χ0) is 15.9. The van der Waals surface area contributed by atoms with Crippen LogP contribution in [0.5, 0.6) is 0 Å². The predicted molar refractivity (Wildman–Crippen MR) is 89.9 cm³/mol. The van der Waals surface area contributed by atoms with Crippen molar-refractivity contribution < 1.29 is 4.42 Å². The predicted octanol–water partition coefficient (Wildman–Crippen LogP) is 4.66. The lowest BCUT2D eigenvalue weighted by Gasteiger charge is -2.05. The van der Waals surface area contributed by atoms with Gasteiger partial charge >= 0.3 is 0 Å². The van der Waals surface area contributed by atoms with Crippen molar-refractivity contribution in [3.63, 3.8) is 0 Å². The Bertz CT molecular complexity index is 681. The molecular formula is C16H17BrN4O. The van der Waals surface area contributed by atoms with E-state index in [4.69, 9.17) is 9.68 Å². The molecule has 2 aromatic rings. The Morgan fingerprint density at radius 3 is 2.64 bits per heavy atom. The Labute approximate surface area is 138 Å². The number of hydrazone groups is 1. The normalized spacial score (nSPS) is 11.0. The number of hydrogen-bond acceptors (Lipinski definition) is 5. The molecule has 2 rings (SSSR count). The summed E-state index contributed by atoms with van der Waals surface area (Å²) in [6, 6.07) is 9.75. The van der Waals surface area contributed by atoms with E-state index in [2.05, 4.69) is 45.3 Å². The van der Waals surface area contributed by atoms with E-state index in [1.165, 1.54) is 0 Å². The van der Waals surface area contributed by atoms with E-state index in [1.54, 1.807) is 6.21 Å². The molecule has 1 aromatic heterocycles. The second kappa shape index (κ2) is 7.76. The van der Waals surface area contributed by atoms with Gasteiger partial charge in [-0.3, -0.25) is 0 Å². The molecule has 0 aliphatic carbocycles. The molecule has 0 amide bonds. The molecule has 0 fully saturated rings. The van der Waals surface area contributed by atoms with Gasteiger partial charge < -0.3 is 4.42 Å². The van der Waals surface area contributed by atoms with Gasteiger partial charge in [-0.2, -0.15) is 10.4 Å². The third-order valence-electron chi connectivity index (χ3n) is 3.33. The Balaban J connectivity index is 2.12. The highest BCUT2D eigenvalue weighted by Gasteiger charge is 2.18. The molecule has 5 nitrogen and oxygen atoms in total. The van der Waals surface area contributed by atoms with Gasteiger partial charge in [0.05, 0.1) is 6.21 Å². The van der Waals surface area contributed by atoms with E-state index >= 15 is 0 Å². The summed E-state index contributed by atoms with van der Waals surface area (Å²) in [6.07, 6.45) is 3.50. The van der Waals surface area contributed by atoms with Gasteiger partial charge in [0.15, 0.2) is 0 Å². The molecule has 0 atom stereocenters. The third kappa shape index (κ3) is 3.95. The van der Waals surface area contributed by atoms with Crippen molar-refractivity contribution >= 4 is 28.0 Å². The number of oxazole rings is 1. The number of nitrogens with one attached hydrogen (secondary N) is 1. The summed E-state index contributed by atoms with van der Waals surface area (Å²) in [6.45, 7) is 4.15. The van der Waals surface area contributed by atoms with Gasteiger partial charge in [-0.1, -0.05) is 41.9 Å². The van der Waals surface area contributed by atoms with Crippen molar-refractivity contribution in [2.24, 2.45) is 5.10 Å². The maximum atomic E-state index is 9.14. The lowest BCUT2D eigenvalue weighted by atomic mass is 10.0. The summed E-state index contributed by atoms with van der Waals surface area (Å²) >= 11 is 3.38. The van der Waals surface area contributed by atoms with Crippen molar-refractivity contribution in [2.75, 3.05) is 5.43 Å². The van der Waals surface area contributed by atoms with Crippen LogP contribution in [0, 0.1) is 11.3 Å². The quantitative estimate of drug-likeness (QED) is 0.600. The van der Waals surface area contributed by atoms with Gasteiger partial charge in [0.1, 0.15) is 6.07 Å². The van der Waals surface area contributed by atoms with E-state index in [0.29, 0.717) is 5.89 Å². The fourth-order valence-electron chi connectivity index (χ4n) is 2.02. The third-order valence-corrected chi connectivity index (χ3v) is 3.86. The molecule has 22 heavy (non-hydrogen) atoms. The van der Waals surface area contributed by atoms with Crippen LogP contribution in [0.15, 0.2) is 38.3 Å². The number of nitrogens with zero attached hydrogens (tertiary/aromatic N) is 3. The standard InChI is InChI=1S/C16H17BrN4O/c1-3-12(4-2)15-20-14(9-18)16(22-15)21-19-10-11-5-7-13(17)8-6-11/h5-8,10,12,21H,3-4H2,1-2H3. The Kier molecular flexibility index (Phi) is 5.73. The van der Waals surface area contributed by atoms with E-state index in [9.17, 15) is 0 Å². The molecule has 0 bridgehead atoms. The molecule has 0 saturated carbocycles. The second-order valence-electron chi connectivity index (χ2n) is 4.78. The first-order valence-electron chi connectivity index (χ1n) is 7.13. The minimum Gasteiger partial charge on any atom is -0.422 e. The van der Waals surface area contributed by atoms with Crippen molar-refractivity contribution in [1.82, 2.24) is 4.98 Å². The number of halogens is 1. The van der Waals surface area contributed by atoms with E-state index in [0.717, 1.165) is 22.9 Å². The first kappa shape index (κ1) is 16.2. The molecule has 0 radical (unpaired) electrons. The van der Waals surface area contributed by atoms with Gasteiger partial charge in [0.2, 0.25) is 11.6 Å². The zero-order valence-electron chi connectivity index (χ0n) is 12.5. The summed E-state index contributed by atoms with van der Waals surface area (Å²) in [5, 5.41) is 13.2. The number of nitriles is 1. The topological polar surface area (TPSA) is 74.2 Å². The van der Waals surface area contributed by atoms with Crippen molar-refractivity contribution in [3.05, 3.63) is 45.9 Å². The van der Waals surface area contributed by atoms with Gasteiger partial charge in [-0.05, 0) is 30.5 Å². The average Bonchev–Trinajstić information content (AvgIpc) is 2.94. The summed E-state index contributed by atoms with van der Waals surface area (Å²) in [5.74, 6) is 1.10. The van der Waals surface area contributed by atoms with Gasteiger partial charge in [-0.15, -0.1) is 0 Å². The SMILES string of the molecule is CCC(CC)c1nc(C#N)c(NN=Cc2ccc(Br)cc2)o1. The Morgan fingerprint density at radius 2 is 2.05 bits per heavy atom. The summed E-state index contributed by atoms with van der Waals surface area (Å²) in [5.41, 5.74) is 3.93. The summed E-state index contributed by atoms with van der Waals surface area (Å²) < 4.78 is 6.65. The lowest BCUT2D eigenvalue weighted by Crippen LogP contribution is -1.95. The van der Waals surface area contributed by atoms with Crippen molar-refractivity contribution in [2.45, 2.75) is 32.6 Å². The highest BCUT2D eigenvalue weighted by molar-refractivity contribution is 9.10. The molecule has 114 valence electrons. The van der Waals surface area contributed by atoms with Crippen LogP contribution >= 0.6 is 15.9 Å². The number of hydrogen-bond donors (Lipinski definition) is 1. The first-order valence-corrected chi connectivity index (χ1v) is 7.92. The van der Waals surface area contributed by atoms with Crippen LogP contribution < -0.4 is 5.43 Å². The Morgan fingerprint density at radius 1 is 1.36 bits per heavy atom. The van der Waals surface area contributed by atoms with Crippen LogP contribution in [0.25, 0.3) is 0 Å². The van der Waals surface area contributed by atoms with Gasteiger partial charge in [0.25, 0.3) is 5.88 Å². The molecule has 1 aromatic carbocycles. The summed E-state index contributed by atoms with van der Waals surface area (Å²) in [7, 11) is 0. The number of aromatic nitrogens is 1. The Hall–Kier alpha value is -2.13. The minimum absolute atomic E-state index is 0.220. The molecule has 0 aliphatic rings. The van der Waals surface area contributed by atoms with Crippen LogP contribution in [0.4, 0.5) is 5.88 Å². The molecule has 0 saturated heterocycles. The van der Waals surface area contributed by atoms with Crippen LogP contribution in [-0.4, -0.2) is 11.2 Å². The molecule has 0 aliphatic heterocycles. The van der Waals surface area contributed by atoms with Crippen LogP contribution in [0.2, 0.25) is 0 Å². The maximum Gasteiger partial charge on any atom is 0.252 e. The minimum atomic E-state index is 0.220. The molecule has 1 heterocycles. The van der Waals surface area contributed by atoms with E-state index in [-0.39, 0.29) is 17.5 Å². The molecule has 0 spiro atoms. The van der Waals surface area contributed by atoms with E-state index in [1.807, 2.05) is 30.3 Å². The van der Waals surface area contributed by atoms with Crippen molar-refractivity contribution in [1.29, 1.82) is 5.26 Å². The average molecular weight is 361 g/mol. The number of rotatable bonds is 6. The monoisotopic (exact) mass is 360 g/mol. The fraction of sp³-hybridized carbons (Fsp3) is 0.312. The van der Waals surface area contributed by atoms with Crippen LogP contribution in [-0.2, 0) is 0 Å². The van der Waals surface area contributed by atoms with Crippen LogP contribution in [0.1, 0.15) is 49.8 Å². The molecule has 0 unspecified atom stereocenters. The first-order chi connectivity index (χ1) is 10.7. The highest BCUT2D eigenvalue weighted by atomic mass is 79.9. The van der Waals surface area contributed by atoms with Crippen LogP contribution in [0.3, 0.4) is 0 Å². The highest BCUT2D eigenvalue weighted by Crippen LogP contribution is 2.27. The molecular weight excluding hydrogens is 344 g/mol. The fourth-order valence-corrected chi connectivity index (χ4v) is 2.28. The number of benzene rings is 1. The van der Waals surface area contributed by atoms with E-state index < -0.39 is 0 Å². The second-order valence-corrected chi connectivity index (χ2v) is 5.69. The largest absolute Gasteiger partial charge is 0.422 e. The maximum absolute atomic E-state index is 9.14. The van der Waals surface area contributed by atoms with Gasteiger partial charge in [-0.25, -0.2) is 10.4 Å².